The van der Waals surface area contributed by atoms with Crippen LogP contribution in [0, 0.1) is 0 Å². The summed E-state index contributed by atoms with van der Waals surface area (Å²) in [6.45, 7) is -0.957. The SMILES string of the molecule is CN=C(NCc1ccccc1OCC(F)(F)F)NC1CCC(SC)C1.I. The van der Waals surface area contributed by atoms with Crippen molar-refractivity contribution in [3.8, 4) is 5.75 Å². The topological polar surface area (TPSA) is 45.7 Å². The van der Waals surface area contributed by atoms with Crippen LogP contribution in [0.25, 0.3) is 0 Å². The molecule has 0 radical (unpaired) electrons. The summed E-state index contributed by atoms with van der Waals surface area (Å²) in [6.07, 6.45) is 1.14. The van der Waals surface area contributed by atoms with Crippen molar-refractivity contribution in [2.45, 2.75) is 43.3 Å². The summed E-state index contributed by atoms with van der Waals surface area (Å²) in [7, 11) is 1.68. The molecule has 0 amide bonds. The first kappa shape index (κ1) is 23.2. The van der Waals surface area contributed by atoms with Crippen LogP contribution in [-0.2, 0) is 6.54 Å². The molecule has 1 fully saturated rings. The Kier molecular flexibility index (Phi) is 9.91. The normalized spacial score (nSPS) is 20.4. The van der Waals surface area contributed by atoms with E-state index in [1.165, 1.54) is 6.42 Å². The molecule has 0 bridgehead atoms. The summed E-state index contributed by atoms with van der Waals surface area (Å²) in [5, 5.41) is 7.21. The van der Waals surface area contributed by atoms with E-state index < -0.39 is 12.8 Å². The Bertz CT molecular complexity index is 587. The molecule has 1 aliphatic rings. The second-order valence-electron chi connectivity index (χ2n) is 5.95. The number of hydrogen-bond donors (Lipinski definition) is 2. The second kappa shape index (κ2) is 11.1. The van der Waals surface area contributed by atoms with Crippen LogP contribution >= 0.6 is 35.7 Å². The number of hydrogen-bond acceptors (Lipinski definition) is 3. The van der Waals surface area contributed by atoms with Crippen molar-refractivity contribution in [1.82, 2.24) is 10.6 Å². The van der Waals surface area contributed by atoms with Gasteiger partial charge < -0.3 is 15.4 Å². The molecule has 2 unspecified atom stereocenters. The number of nitrogens with one attached hydrogen (secondary N) is 2. The van der Waals surface area contributed by atoms with E-state index in [0.717, 1.165) is 12.8 Å². The summed E-state index contributed by atoms with van der Waals surface area (Å²) in [4.78, 5) is 4.20. The number of halogens is 4. The van der Waals surface area contributed by atoms with Crippen molar-refractivity contribution < 1.29 is 17.9 Å². The Morgan fingerprint density at radius 3 is 2.65 bits per heavy atom. The van der Waals surface area contributed by atoms with Gasteiger partial charge in [-0.2, -0.15) is 24.9 Å². The number of benzene rings is 1. The molecule has 2 atom stereocenters. The zero-order valence-corrected chi connectivity index (χ0v) is 18.0. The van der Waals surface area contributed by atoms with E-state index in [2.05, 4.69) is 21.9 Å². The number of ether oxygens (including phenoxy) is 1. The number of guanidine groups is 1. The van der Waals surface area contributed by atoms with Gasteiger partial charge in [-0.25, -0.2) is 0 Å². The average Bonchev–Trinajstić information content (AvgIpc) is 3.04. The third-order valence-corrected chi connectivity index (χ3v) is 5.19. The summed E-state index contributed by atoms with van der Waals surface area (Å²) < 4.78 is 42.0. The van der Waals surface area contributed by atoms with E-state index in [1.807, 2.05) is 11.8 Å². The van der Waals surface area contributed by atoms with Crippen molar-refractivity contribution in [2.75, 3.05) is 19.9 Å². The van der Waals surface area contributed by atoms with Crippen molar-refractivity contribution in [3.63, 3.8) is 0 Å². The number of nitrogens with zero attached hydrogens (tertiary/aromatic N) is 1. The van der Waals surface area contributed by atoms with Crippen molar-refractivity contribution in [1.29, 1.82) is 0 Å². The van der Waals surface area contributed by atoms with E-state index in [9.17, 15) is 13.2 Å². The molecule has 1 aromatic rings. The molecule has 0 aromatic heterocycles. The van der Waals surface area contributed by atoms with Gasteiger partial charge in [0.25, 0.3) is 0 Å². The predicted octanol–water partition coefficient (Wildman–Crippen LogP) is 4.19. The fourth-order valence-corrected chi connectivity index (χ4v) is 3.60. The lowest BCUT2D eigenvalue weighted by atomic mass is 10.2. The predicted molar refractivity (Wildman–Crippen MR) is 112 cm³/mol. The molecule has 9 heteroatoms. The van der Waals surface area contributed by atoms with Gasteiger partial charge in [0.1, 0.15) is 5.75 Å². The number of rotatable bonds is 6. The van der Waals surface area contributed by atoms with Gasteiger partial charge in [-0.05, 0) is 31.6 Å². The highest BCUT2D eigenvalue weighted by atomic mass is 127. The van der Waals surface area contributed by atoms with Crippen molar-refractivity contribution in [3.05, 3.63) is 29.8 Å². The Labute approximate surface area is 173 Å². The standard InChI is InChI=1S/C17H24F3N3OS.HI/c1-21-16(23-13-7-8-14(9-13)25-2)22-10-12-5-3-4-6-15(12)24-11-17(18,19)20;/h3-6,13-14H,7-11H2,1-2H3,(H2,21,22,23);1H. The second-order valence-corrected chi connectivity index (χ2v) is 7.09. The van der Waals surface area contributed by atoms with Gasteiger partial charge in [0, 0.05) is 30.4 Å². The molecule has 0 aliphatic heterocycles. The largest absolute Gasteiger partial charge is 0.484 e. The van der Waals surface area contributed by atoms with Gasteiger partial charge in [-0.1, -0.05) is 18.2 Å². The van der Waals surface area contributed by atoms with Gasteiger partial charge in [-0.3, -0.25) is 4.99 Å². The van der Waals surface area contributed by atoms with E-state index in [0.29, 0.717) is 29.4 Å². The molecule has 26 heavy (non-hydrogen) atoms. The van der Waals surface area contributed by atoms with Gasteiger partial charge in [0.15, 0.2) is 12.6 Å². The first-order valence-electron chi connectivity index (χ1n) is 8.18. The molecule has 1 aliphatic carbocycles. The van der Waals surface area contributed by atoms with Gasteiger partial charge >= 0.3 is 6.18 Å². The smallest absolute Gasteiger partial charge is 0.422 e. The molecular formula is C17H25F3IN3OS. The van der Waals surface area contributed by atoms with Gasteiger partial charge in [0.05, 0.1) is 0 Å². The van der Waals surface area contributed by atoms with Crippen LogP contribution < -0.4 is 15.4 Å². The number of thioether (sulfide) groups is 1. The summed E-state index contributed by atoms with van der Waals surface area (Å²) in [5.41, 5.74) is 0.656. The lowest BCUT2D eigenvalue weighted by Gasteiger charge is -2.18. The van der Waals surface area contributed by atoms with E-state index >= 15 is 0 Å². The molecule has 1 saturated carbocycles. The first-order chi connectivity index (χ1) is 11.9. The molecule has 2 N–H and O–H groups in total. The minimum atomic E-state index is -4.35. The summed E-state index contributed by atoms with van der Waals surface area (Å²) >= 11 is 1.88. The average molecular weight is 503 g/mol. The third-order valence-electron chi connectivity index (χ3n) is 4.09. The highest BCUT2D eigenvalue weighted by molar-refractivity contribution is 14.0. The zero-order chi connectivity index (χ0) is 18.3. The summed E-state index contributed by atoms with van der Waals surface area (Å²) in [5.74, 6) is 0.878. The molecule has 4 nitrogen and oxygen atoms in total. The Hall–Kier alpha value is -0.840. The number of alkyl halides is 3. The molecule has 0 spiro atoms. The maximum absolute atomic E-state index is 12.4. The highest BCUT2D eigenvalue weighted by Crippen LogP contribution is 2.28. The quantitative estimate of drug-likeness (QED) is 0.347. The first-order valence-corrected chi connectivity index (χ1v) is 9.47. The molecule has 1 aromatic carbocycles. The zero-order valence-electron chi connectivity index (χ0n) is 14.8. The Morgan fingerprint density at radius 2 is 2.04 bits per heavy atom. The maximum atomic E-state index is 12.4. The molecule has 0 saturated heterocycles. The van der Waals surface area contributed by atoms with Gasteiger partial charge in [-0.15, -0.1) is 24.0 Å². The fourth-order valence-electron chi connectivity index (χ4n) is 2.80. The van der Waals surface area contributed by atoms with Crippen molar-refractivity contribution >= 4 is 41.7 Å². The summed E-state index contributed by atoms with van der Waals surface area (Å²) in [6, 6.07) is 7.09. The maximum Gasteiger partial charge on any atom is 0.422 e. The Morgan fingerprint density at radius 1 is 1.31 bits per heavy atom. The number of aliphatic imine (C=N–C) groups is 1. The third kappa shape index (κ3) is 7.81. The number of para-hydroxylation sites is 1. The van der Waals surface area contributed by atoms with Crippen LogP contribution in [0.1, 0.15) is 24.8 Å². The van der Waals surface area contributed by atoms with Crippen molar-refractivity contribution in [2.24, 2.45) is 4.99 Å². The van der Waals surface area contributed by atoms with Crippen LogP contribution in [0.2, 0.25) is 0 Å². The van der Waals surface area contributed by atoms with Crippen LogP contribution in [-0.4, -0.2) is 43.3 Å². The minimum absolute atomic E-state index is 0. The molecule has 0 heterocycles. The fraction of sp³-hybridized carbons (Fsp3) is 0.588. The van der Waals surface area contributed by atoms with E-state index in [-0.39, 0.29) is 29.7 Å². The van der Waals surface area contributed by atoms with E-state index in [4.69, 9.17) is 4.74 Å². The van der Waals surface area contributed by atoms with Gasteiger partial charge in [0.2, 0.25) is 0 Å². The minimum Gasteiger partial charge on any atom is -0.484 e. The molecule has 148 valence electrons. The van der Waals surface area contributed by atoms with E-state index in [1.54, 1.807) is 31.3 Å². The lowest BCUT2D eigenvalue weighted by Crippen LogP contribution is -2.42. The van der Waals surface area contributed by atoms with Crippen LogP contribution in [0.15, 0.2) is 29.3 Å². The lowest BCUT2D eigenvalue weighted by molar-refractivity contribution is -0.153. The molecular weight excluding hydrogens is 478 g/mol. The van der Waals surface area contributed by atoms with Crippen LogP contribution in [0.4, 0.5) is 13.2 Å². The molecule has 2 rings (SSSR count). The van der Waals surface area contributed by atoms with Crippen LogP contribution in [0.5, 0.6) is 5.75 Å². The van der Waals surface area contributed by atoms with Crippen LogP contribution in [0.3, 0.4) is 0 Å². The highest BCUT2D eigenvalue weighted by Gasteiger charge is 2.29. The monoisotopic (exact) mass is 503 g/mol. The Balaban J connectivity index is 0.00000338.